The van der Waals surface area contributed by atoms with E-state index in [-0.39, 0.29) is 0 Å². The van der Waals surface area contributed by atoms with Crippen molar-refractivity contribution in [3.63, 3.8) is 0 Å². The zero-order chi connectivity index (χ0) is 6.53. The first-order valence-corrected chi connectivity index (χ1v) is 4.93. The zero-order valence-corrected chi connectivity index (χ0v) is 6.97. The lowest BCUT2D eigenvalue weighted by molar-refractivity contribution is 1.52. The Labute approximate surface area is 64.0 Å². The van der Waals surface area contributed by atoms with Crippen LogP contribution in [0.15, 0.2) is 16.6 Å². The highest BCUT2D eigenvalue weighted by molar-refractivity contribution is 8.16. The highest BCUT2D eigenvalue weighted by Gasteiger charge is 1.99. The predicted octanol–water partition coefficient (Wildman–Crippen LogP) is 2.36. The van der Waals surface area contributed by atoms with Crippen LogP contribution in [0.1, 0.15) is 6.92 Å². The van der Waals surface area contributed by atoms with E-state index >= 15 is 0 Å². The summed E-state index contributed by atoms with van der Waals surface area (Å²) in [4.78, 5) is 4.20. The summed E-state index contributed by atoms with van der Waals surface area (Å²) in [7, 11) is 0. The minimum atomic E-state index is 1.06. The zero-order valence-electron chi connectivity index (χ0n) is 5.33. The van der Waals surface area contributed by atoms with Gasteiger partial charge in [-0.3, -0.25) is 4.99 Å². The SMILES string of the molecule is CCSC1=NC=CSC1. The molecule has 1 nitrogen and oxygen atoms in total. The van der Waals surface area contributed by atoms with Crippen molar-refractivity contribution in [2.75, 3.05) is 11.5 Å². The van der Waals surface area contributed by atoms with Gasteiger partial charge in [0.05, 0.1) is 5.04 Å². The van der Waals surface area contributed by atoms with E-state index in [2.05, 4.69) is 11.9 Å². The van der Waals surface area contributed by atoms with Crippen LogP contribution >= 0.6 is 23.5 Å². The monoisotopic (exact) mass is 159 g/mol. The molecule has 0 saturated carbocycles. The van der Waals surface area contributed by atoms with Crippen molar-refractivity contribution in [2.24, 2.45) is 4.99 Å². The molecule has 0 saturated heterocycles. The lowest BCUT2D eigenvalue weighted by Crippen LogP contribution is -1.97. The molecule has 1 rings (SSSR count). The second-order valence-electron chi connectivity index (χ2n) is 1.55. The molecular formula is C6H9NS2. The van der Waals surface area contributed by atoms with Crippen molar-refractivity contribution in [2.45, 2.75) is 6.92 Å². The van der Waals surface area contributed by atoms with E-state index in [4.69, 9.17) is 0 Å². The van der Waals surface area contributed by atoms with Crippen LogP contribution < -0.4 is 0 Å². The average molecular weight is 159 g/mol. The third kappa shape index (κ3) is 2.45. The minimum absolute atomic E-state index is 1.06. The van der Waals surface area contributed by atoms with Gasteiger partial charge < -0.3 is 0 Å². The van der Waals surface area contributed by atoms with E-state index in [0.29, 0.717) is 0 Å². The fraction of sp³-hybridized carbons (Fsp3) is 0.500. The van der Waals surface area contributed by atoms with Gasteiger partial charge in [0.25, 0.3) is 0 Å². The number of thioether (sulfide) groups is 2. The van der Waals surface area contributed by atoms with Crippen molar-refractivity contribution in [1.82, 2.24) is 0 Å². The number of aliphatic imine (C=N–C) groups is 1. The largest absolute Gasteiger partial charge is 0.253 e. The van der Waals surface area contributed by atoms with Crippen molar-refractivity contribution in [1.29, 1.82) is 0 Å². The molecule has 0 bridgehead atoms. The van der Waals surface area contributed by atoms with Crippen LogP contribution in [0.4, 0.5) is 0 Å². The Kier molecular flexibility index (Phi) is 3.22. The van der Waals surface area contributed by atoms with Gasteiger partial charge in [0.1, 0.15) is 0 Å². The molecule has 0 unspecified atom stereocenters. The van der Waals surface area contributed by atoms with Crippen LogP contribution in [0, 0.1) is 0 Å². The standard InChI is InChI=1S/C6H9NS2/c1-2-9-6-5-8-4-3-7-6/h3-4H,2,5H2,1H3. The molecule has 1 aliphatic heterocycles. The average Bonchev–Trinajstić information content (AvgIpc) is 1.91. The number of rotatable bonds is 1. The van der Waals surface area contributed by atoms with Crippen LogP contribution in [0.3, 0.4) is 0 Å². The van der Waals surface area contributed by atoms with Crippen molar-refractivity contribution < 1.29 is 0 Å². The maximum Gasteiger partial charge on any atom is 0.0834 e. The fourth-order valence-electron chi connectivity index (χ4n) is 0.559. The summed E-state index contributed by atoms with van der Waals surface area (Å²) in [5.74, 6) is 2.20. The Morgan fingerprint density at radius 3 is 3.33 bits per heavy atom. The summed E-state index contributed by atoms with van der Waals surface area (Å²) in [6.07, 6.45) is 1.87. The molecule has 0 fully saturated rings. The molecule has 1 aliphatic rings. The van der Waals surface area contributed by atoms with E-state index in [9.17, 15) is 0 Å². The Morgan fingerprint density at radius 1 is 1.89 bits per heavy atom. The third-order valence-corrected chi connectivity index (χ3v) is 2.70. The van der Waals surface area contributed by atoms with Crippen molar-refractivity contribution >= 4 is 28.6 Å². The van der Waals surface area contributed by atoms with Gasteiger partial charge in [-0.05, 0) is 11.2 Å². The first-order valence-electron chi connectivity index (χ1n) is 2.89. The van der Waals surface area contributed by atoms with E-state index in [0.717, 1.165) is 11.5 Å². The summed E-state index contributed by atoms with van der Waals surface area (Å²) >= 11 is 3.64. The molecule has 0 spiro atoms. The van der Waals surface area contributed by atoms with E-state index < -0.39 is 0 Å². The summed E-state index contributed by atoms with van der Waals surface area (Å²) in [5, 5.41) is 3.28. The lowest BCUT2D eigenvalue weighted by atomic mass is 10.8. The summed E-state index contributed by atoms with van der Waals surface area (Å²) in [6, 6.07) is 0. The lowest BCUT2D eigenvalue weighted by Gasteiger charge is -2.03. The van der Waals surface area contributed by atoms with Crippen LogP contribution in [0.5, 0.6) is 0 Å². The number of hydrogen-bond acceptors (Lipinski definition) is 3. The van der Waals surface area contributed by atoms with Gasteiger partial charge in [-0.1, -0.05) is 6.92 Å². The van der Waals surface area contributed by atoms with E-state index in [1.165, 1.54) is 5.04 Å². The van der Waals surface area contributed by atoms with E-state index in [1.54, 1.807) is 0 Å². The maximum atomic E-state index is 4.20. The van der Waals surface area contributed by atoms with E-state index in [1.807, 2.05) is 35.1 Å². The van der Waals surface area contributed by atoms with Crippen LogP contribution in [0.25, 0.3) is 0 Å². The summed E-state index contributed by atoms with van der Waals surface area (Å²) in [5.41, 5.74) is 0. The Hall–Kier alpha value is 0.110. The van der Waals surface area contributed by atoms with Crippen LogP contribution in [-0.2, 0) is 0 Å². The molecule has 0 amide bonds. The highest BCUT2D eigenvalue weighted by Crippen LogP contribution is 2.15. The second-order valence-corrected chi connectivity index (χ2v) is 3.78. The Balaban J connectivity index is 2.38. The van der Waals surface area contributed by atoms with Crippen LogP contribution in [-0.4, -0.2) is 16.5 Å². The van der Waals surface area contributed by atoms with Gasteiger partial charge >= 0.3 is 0 Å². The quantitative estimate of drug-likeness (QED) is 0.582. The fourth-order valence-corrected chi connectivity index (χ4v) is 2.03. The summed E-state index contributed by atoms with van der Waals surface area (Å²) in [6.45, 7) is 2.15. The second kappa shape index (κ2) is 4.01. The molecule has 9 heavy (non-hydrogen) atoms. The molecule has 0 N–H and O–H groups in total. The predicted molar refractivity (Wildman–Crippen MR) is 47.2 cm³/mol. The topological polar surface area (TPSA) is 12.4 Å². The first kappa shape index (κ1) is 7.22. The van der Waals surface area contributed by atoms with Gasteiger partial charge in [-0.25, -0.2) is 0 Å². The minimum Gasteiger partial charge on any atom is -0.253 e. The molecule has 50 valence electrons. The molecule has 0 aliphatic carbocycles. The summed E-state index contributed by atoms with van der Waals surface area (Å²) < 4.78 is 0. The normalized spacial score (nSPS) is 17.7. The van der Waals surface area contributed by atoms with Gasteiger partial charge in [0.2, 0.25) is 0 Å². The van der Waals surface area contributed by atoms with Gasteiger partial charge in [-0.2, -0.15) is 0 Å². The molecule has 0 aromatic rings. The van der Waals surface area contributed by atoms with Crippen molar-refractivity contribution in [3.05, 3.63) is 11.6 Å². The van der Waals surface area contributed by atoms with Crippen LogP contribution in [0.2, 0.25) is 0 Å². The highest BCUT2D eigenvalue weighted by atomic mass is 32.2. The smallest absolute Gasteiger partial charge is 0.0834 e. The molecule has 3 heteroatoms. The number of hydrogen-bond donors (Lipinski definition) is 0. The first-order chi connectivity index (χ1) is 4.43. The molecular weight excluding hydrogens is 150 g/mol. The Morgan fingerprint density at radius 2 is 2.78 bits per heavy atom. The van der Waals surface area contributed by atoms with Gasteiger partial charge in [-0.15, -0.1) is 23.5 Å². The molecule has 0 aromatic heterocycles. The molecule has 1 heterocycles. The maximum absolute atomic E-state index is 4.20. The molecule has 0 atom stereocenters. The van der Waals surface area contributed by atoms with Gasteiger partial charge in [0, 0.05) is 12.0 Å². The molecule has 0 radical (unpaired) electrons. The van der Waals surface area contributed by atoms with Gasteiger partial charge in [0.15, 0.2) is 0 Å². The van der Waals surface area contributed by atoms with Crippen molar-refractivity contribution in [3.8, 4) is 0 Å². The Bertz CT molecular complexity index is 140. The molecule has 0 aromatic carbocycles. The number of nitrogens with zero attached hydrogens (tertiary/aromatic N) is 1. The third-order valence-electron chi connectivity index (χ3n) is 0.893.